The summed E-state index contributed by atoms with van der Waals surface area (Å²) in [6.45, 7) is 2.22. The first-order chi connectivity index (χ1) is 11.7. The number of fused-ring (bicyclic) bond motifs is 2. The van der Waals surface area contributed by atoms with Crippen LogP contribution in [0.5, 0.6) is 0 Å². The van der Waals surface area contributed by atoms with Crippen molar-refractivity contribution in [3.63, 3.8) is 0 Å². The number of hydrogen-bond acceptors (Lipinski definition) is 3. The van der Waals surface area contributed by atoms with Crippen molar-refractivity contribution in [2.75, 3.05) is 19.8 Å². The van der Waals surface area contributed by atoms with E-state index >= 15 is 0 Å². The number of hydrogen-bond donors (Lipinski definition) is 2. The van der Waals surface area contributed by atoms with Crippen LogP contribution >= 0.6 is 0 Å². The maximum absolute atomic E-state index is 12.8. The van der Waals surface area contributed by atoms with Crippen molar-refractivity contribution in [2.45, 2.75) is 43.6 Å². The van der Waals surface area contributed by atoms with Gasteiger partial charge in [-0.15, -0.1) is 0 Å². The van der Waals surface area contributed by atoms with Gasteiger partial charge in [0.05, 0.1) is 5.92 Å². The number of ether oxygens (including phenoxy) is 1. The van der Waals surface area contributed by atoms with Gasteiger partial charge in [-0.1, -0.05) is 30.3 Å². The van der Waals surface area contributed by atoms with E-state index in [2.05, 4.69) is 29.6 Å². The van der Waals surface area contributed by atoms with Gasteiger partial charge in [0.15, 0.2) is 0 Å². The van der Waals surface area contributed by atoms with Crippen LogP contribution in [0.15, 0.2) is 30.3 Å². The van der Waals surface area contributed by atoms with Crippen LogP contribution in [0.25, 0.3) is 0 Å². The summed E-state index contributed by atoms with van der Waals surface area (Å²) >= 11 is 0. The molecule has 1 heterocycles. The Balaban J connectivity index is 1.47. The van der Waals surface area contributed by atoms with E-state index in [9.17, 15) is 4.79 Å². The predicted molar refractivity (Wildman–Crippen MR) is 93.5 cm³/mol. The molecular formula is C20H28N2O2. The van der Waals surface area contributed by atoms with E-state index < -0.39 is 0 Å². The molecule has 2 bridgehead atoms. The highest BCUT2D eigenvalue weighted by molar-refractivity contribution is 5.80. The second kappa shape index (κ2) is 6.49. The lowest BCUT2D eigenvalue weighted by molar-refractivity contribution is -0.127. The molecule has 2 aliphatic carbocycles. The summed E-state index contributed by atoms with van der Waals surface area (Å²) in [7, 11) is 0. The molecule has 1 aromatic carbocycles. The van der Waals surface area contributed by atoms with Crippen LogP contribution in [0.4, 0.5) is 0 Å². The first kappa shape index (κ1) is 16.1. The number of rotatable bonds is 4. The molecule has 1 aromatic rings. The Morgan fingerprint density at radius 3 is 2.54 bits per heavy atom. The largest absolute Gasteiger partial charge is 0.381 e. The predicted octanol–water partition coefficient (Wildman–Crippen LogP) is 2.22. The monoisotopic (exact) mass is 328 g/mol. The van der Waals surface area contributed by atoms with Gasteiger partial charge >= 0.3 is 0 Å². The van der Waals surface area contributed by atoms with Gasteiger partial charge < -0.3 is 15.8 Å². The number of carbonyl (C=O) groups is 1. The first-order valence-electron chi connectivity index (χ1n) is 9.36. The van der Waals surface area contributed by atoms with Crippen LogP contribution in [-0.4, -0.2) is 31.7 Å². The van der Waals surface area contributed by atoms with Gasteiger partial charge in [-0.3, -0.25) is 4.79 Å². The lowest BCUT2D eigenvalue weighted by Crippen LogP contribution is -2.50. The maximum atomic E-state index is 12.8. The molecule has 130 valence electrons. The Kier molecular flexibility index (Phi) is 4.35. The van der Waals surface area contributed by atoms with Crippen molar-refractivity contribution in [3.8, 4) is 0 Å². The van der Waals surface area contributed by atoms with Gasteiger partial charge in [-0.05, 0) is 49.5 Å². The average molecular weight is 328 g/mol. The zero-order valence-corrected chi connectivity index (χ0v) is 14.2. The number of nitrogens with one attached hydrogen (secondary N) is 1. The molecule has 4 heteroatoms. The Bertz CT molecular complexity index is 581. The van der Waals surface area contributed by atoms with Crippen molar-refractivity contribution in [3.05, 3.63) is 35.9 Å². The molecule has 3 aliphatic rings. The zero-order valence-electron chi connectivity index (χ0n) is 14.2. The summed E-state index contributed by atoms with van der Waals surface area (Å²) in [6, 6.07) is 10.6. The molecule has 24 heavy (non-hydrogen) atoms. The summed E-state index contributed by atoms with van der Waals surface area (Å²) < 4.78 is 5.58. The number of benzene rings is 1. The normalized spacial score (nSPS) is 34.2. The minimum atomic E-state index is -0.00309. The molecule has 4 rings (SSSR count). The lowest BCUT2D eigenvalue weighted by Gasteiger charge is -2.38. The molecule has 1 saturated heterocycles. The highest BCUT2D eigenvalue weighted by Crippen LogP contribution is 2.47. The van der Waals surface area contributed by atoms with Gasteiger partial charge in [0.1, 0.15) is 0 Å². The Hall–Kier alpha value is -1.39. The third kappa shape index (κ3) is 2.76. The van der Waals surface area contributed by atoms with Crippen LogP contribution in [-0.2, 0) is 14.9 Å². The van der Waals surface area contributed by atoms with Gasteiger partial charge in [-0.25, -0.2) is 0 Å². The van der Waals surface area contributed by atoms with Gasteiger partial charge in [0.2, 0.25) is 5.91 Å². The fraction of sp³-hybridized carbons (Fsp3) is 0.650. The highest BCUT2D eigenvalue weighted by Gasteiger charge is 2.49. The van der Waals surface area contributed by atoms with E-state index in [1.54, 1.807) is 0 Å². The second-order valence-corrected chi connectivity index (χ2v) is 7.91. The third-order valence-electron chi connectivity index (χ3n) is 6.72. The molecule has 1 amide bonds. The van der Waals surface area contributed by atoms with Gasteiger partial charge in [0.25, 0.3) is 0 Å². The third-order valence-corrected chi connectivity index (χ3v) is 6.72. The molecule has 1 aliphatic heterocycles. The van der Waals surface area contributed by atoms with Crippen molar-refractivity contribution in [1.82, 2.24) is 5.32 Å². The molecule has 4 nitrogen and oxygen atoms in total. The van der Waals surface area contributed by atoms with Crippen molar-refractivity contribution in [1.29, 1.82) is 0 Å². The minimum absolute atomic E-state index is 0.00309. The quantitative estimate of drug-likeness (QED) is 0.891. The maximum Gasteiger partial charge on any atom is 0.224 e. The smallest absolute Gasteiger partial charge is 0.224 e. The first-order valence-corrected chi connectivity index (χ1v) is 9.36. The molecule has 0 radical (unpaired) electrons. The lowest BCUT2D eigenvalue weighted by atomic mass is 9.74. The SMILES string of the molecule is NC1C2CCC(C2)C1C(=O)NCC1(c2ccccc2)CCOCC1. The fourth-order valence-corrected chi connectivity index (χ4v) is 5.22. The number of nitrogens with two attached hydrogens (primary N) is 1. The molecule has 3 N–H and O–H groups in total. The number of carbonyl (C=O) groups excluding carboxylic acids is 1. The fourth-order valence-electron chi connectivity index (χ4n) is 5.22. The van der Waals surface area contributed by atoms with Crippen LogP contribution in [0, 0.1) is 17.8 Å². The minimum Gasteiger partial charge on any atom is -0.381 e. The Labute approximate surface area is 144 Å². The summed E-state index contributed by atoms with van der Waals surface area (Å²) in [4.78, 5) is 12.8. The molecule has 0 spiro atoms. The highest BCUT2D eigenvalue weighted by atomic mass is 16.5. The standard InChI is InChI=1S/C20H28N2O2/c21-18-15-7-6-14(12-15)17(18)19(23)22-13-20(8-10-24-11-9-20)16-4-2-1-3-5-16/h1-5,14-15,17-18H,6-13,21H2,(H,22,23). The summed E-state index contributed by atoms with van der Waals surface area (Å²) in [5.74, 6) is 1.28. The number of amides is 1. The topological polar surface area (TPSA) is 64.4 Å². The zero-order chi connectivity index (χ0) is 16.6. The second-order valence-electron chi connectivity index (χ2n) is 7.91. The van der Waals surface area contributed by atoms with Gasteiger partial charge in [-0.2, -0.15) is 0 Å². The van der Waals surface area contributed by atoms with Crippen molar-refractivity contribution < 1.29 is 9.53 Å². The van der Waals surface area contributed by atoms with Crippen molar-refractivity contribution >= 4 is 5.91 Å². The van der Waals surface area contributed by atoms with Crippen LogP contribution in [0.2, 0.25) is 0 Å². The van der Waals surface area contributed by atoms with E-state index in [0.717, 1.165) is 32.5 Å². The summed E-state index contributed by atoms with van der Waals surface area (Å²) in [5, 5.41) is 3.27. The molecule has 4 unspecified atom stereocenters. The van der Waals surface area contributed by atoms with Gasteiger partial charge in [0, 0.05) is 31.2 Å². The van der Waals surface area contributed by atoms with Crippen molar-refractivity contribution in [2.24, 2.45) is 23.5 Å². The summed E-state index contributed by atoms with van der Waals surface area (Å²) in [6.07, 6.45) is 5.45. The van der Waals surface area contributed by atoms with Crippen LogP contribution in [0.3, 0.4) is 0 Å². The van der Waals surface area contributed by atoms with E-state index in [4.69, 9.17) is 10.5 Å². The average Bonchev–Trinajstić information content (AvgIpc) is 3.22. The Morgan fingerprint density at radius 2 is 1.88 bits per heavy atom. The Morgan fingerprint density at radius 1 is 1.17 bits per heavy atom. The summed E-state index contributed by atoms with van der Waals surface area (Å²) in [5.41, 5.74) is 7.64. The van der Waals surface area contributed by atoms with Crippen LogP contribution < -0.4 is 11.1 Å². The van der Waals surface area contributed by atoms with E-state index in [1.807, 2.05) is 6.07 Å². The van der Waals surface area contributed by atoms with E-state index in [-0.39, 0.29) is 23.3 Å². The van der Waals surface area contributed by atoms with E-state index in [1.165, 1.54) is 18.4 Å². The molecular weight excluding hydrogens is 300 g/mol. The molecule has 3 fully saturated rings. The molecule has 4 atom stereocenters. The van der Waals surface area contributed by atoms with E-state index in [0.29, 0.717) is 18.4 Å². The molecule has 0 aromatic heterocycles. The molecule has 2 saturated carbocycles. The van der Waals surface area contributed by atoms with Crippen LogP contribution in [0.1, 0.15) is 37.7 Å².